The Morgan fingerprint density at radius 2 is 2.26 bits per heavy atom. The van der Waals surface area contributed by atoms with Crippen molar-refractivity contribution >= 4 is 6.47 Å². The molecule has 0 saturated heterocycles. The van der Waals surface area contributed by atoms with Crippen LogP contribution in [0.25, 0.3) is 0 Å². The van der Waals surface area contributed by atoms with Crippen molar-refractivity contribution in [1.82, 2.24) is 10.2 Å². The Morgan fingerprint density at radius 1 is 1.47 bits per heavy atom. The van der Waals surface area contributed by atoms with Crippen molar-refractivity contribution in [3.8, 4) is 0 Å². The molecule has 2 rings (SSSR count). The van der Waals surface area contributed by atoms with E-state index in [1.54, 1.807) is 12.1 Å². The number of nitrogens with zero attached hydrogens (tertiary/aromatic N) is 1. The molecule has 1 aromatic carbocycles. The average Bonchev–Trinajstić information content (AvgIpc) is 2.70. The summed E-state index contributed by atoms with van der Waals surface area (Å²) in [7, 11) is 0. The fourth-order valence-corrected chi connectivity index (χ4v) is 2.08. The molecule has 4 nitrogen and oxygen atoms in total. The van der Waals surface area contributed by atoms with Crippen LogP contribution in [0.5, 0.6) is 0 Å². The molecule has 0 spiro atoms. The molecule has 0 saturated carbocycles. The summed E-state index contributed by atoms with van der Waals surface area (Å²) in [5, 5.41) is 6.98. The molecule has 1 atom stereocenters. The number of halogens is 1. The summed E-state index contributed by atoms with van der Waals surface area (Å²) in [4.78, 5) is 10.6. The van der Waals surface area contributed by atoms with Crippen LogP contribution >= 0.6 is 0 Å². The van der Waals surface area contributed by atoms with Crippen molar-refractivity contribution in [1.29, 1.82) is 0 Å². The number of aromatic nitrogens is 2. The third-order valence-corrected chi connectivity index (χ3v) is 3.11. The van der Waals surface area contributed by atoms with Crippen molar-refractivity contribution in [2.24, 2.45) is 0 Å². The third-order valence-electron chi connectivity index (χ3n) is 3.11. The Kier molecular flexibility index (Phi) is 3.94. The Labute approximate surface area is 110 Å². The molecule has 1 aromatic heterocycles. The molecule has 100 valence electrons. The molecule has 0 bridgehead atoms. The largest absolute Gasteiger partial charge is 0.459 e. The van der Waals surface area contributed by atoms with Crippen LogP contribution in [0.3, 0.4) is 0 Å². The lowest BCUT2D eigenvalue weighted by molar-refractivity contribution is -0.133. The van der Waals surface area contributed by atoms with E-state index in [9.17, 15) is 9.18 Å². The average molecular weight is 262 g/mol. The lowest BCUT2D eigenvalue weighted by Crippen LogP contribution is -2.08. The van der Waals surface area contributed by atoms with Crippen molar-refractivity contribution in [3.63, 3.8) is 0 Å². The predicted molar refractivity (Wildman–Crippen MR) is 68.1 cm³/mol. The van der Waals surface area contributed by atoms with Crippen molar-refractivity contribution in [2.45, 2.75) is 26.4 Å². The van der Waals surface area contributed by atoms with Crippen molar-refractivity contribution in [2.75, 3.05) is 0 Å². The smallest absolute Gasteiger partial charge is 0.293 e. The van der Waals surface area contributed by atoms with Gasteiger partial charge in [-0.15, -0.1) is 0 Å². The Morgan fingerprint density at radius 3 is 2.84 bits per heavy atom. The van der Waals surface area contributed by atoms with Gasteiger partial charge in [0.2, 0.25) is 0 Å². The van der Waals surface area contributed by atoms with Gasteiger partial charge in [-0.3, -0.25) is 9.89 Å². The minimum absolute atomic E-state index is 0.349. The highest BCUT2D eigenvalue weighted by atomic mass is 19.1. The highest BCUT2D eigenvalue weighted by Gasteiger charge is 2.18. The maximum Gasteiger partial charge on any atom is 0.293 e. The van der Waals surface area contributed by atoms with Crippen LogP contribution in [0.1, 0.15) is 28.6 Å². The lowest BCUT2D eigenvalue weighted by Gasteiger charge is -2.16. The van der Waals surface area contributed by atoms with Gasteiger partial charge < -0.3 is 4.74 Å². The first kappa shape index (κ1) is 13.3. The fraction of sp³-hybridized carbons (Fsp3) is 0.286. The molecule has 0 aliphatic heterocycles. The summed E-state index contributed by atoms with van der Waals surface area (Å²) in [5.41, 5.74) is 3.39. The standard InChI is InChI=1S/C14H15FN2O2/c1-9-13(10(2)17-16-9)7-14(19-8-18)11-4-3-5-12(15)6-11/h3-6,8,14H,7H2,1-2H3,(H,16,17). The molecule has 0 fully saturated rings. The van der Waals surface area contributed by atoms with Gasteiger partial charge in [-0.1, -0.05) is 12.1 Å². The first-order chi connectivity index (χ1) is 9.11. The van der Waals surface area contributed by atoms with Gasteiger partial charge in [-0.25, -0.2) is 4.39 Å². The zero-order valence-electron chi connectivity index (χ0n) is 10.8. The molecule has 19 heavy (non-hydrogen) atoms. The number of aromatic amines is 1. The highest BCUT2D eigenvalue weighted by molar-refractivity contribution is 5.39. The van der Waals surface area contributed by atoms with Gasteiger partial charge in [0.05, 0.1) is 5.69 Å². The maximum atomic E-state index is 13.2. The molecule has 1 N–H and O–H groups in total. The van der Waals surface area contributed by atoms with Crippen molar-refractivity contribution in [3.05, 3.63) is 52.6 Å². The summed E-state index contributed by atoms with van der Waals surface area (Å²) in [6, 6.07) is 6.07. The number of nitrogens with one attached hydrogen (secondary N) is 1. The predicted octanol–water partition coefficient (Wildman–Crippen LogP) is 2.62. The Hall–Kier alpha value is -2.17. The van der Waals surface area contributed by atoms with Gasteiger partial charge in [-0.05, 0) is 37.1 Å². The van der Waals surface area contributed by atoms with Gasteiger partial charge in [0.1, 0.15) is 11.9 Å². The SMILES string of the molecule is Cc1n[nH]c(C)c1CC(OC=O)c1cccc(F)c1. The van der Waals surface area contributed by atoms with Crippen molar-refractivity contribution < 1.29 is 13.9 Å². The second-order valence-electron chi connectivity index (χ2n) is 4.39. The van der Waals surface area contributed by atoms with Gasteiger partial charge in [0.25, 0.3) is 6.47 Å². The molecule has 0 aliphatic carbocycles. The van der Waals surface area contributed by atoms with E-state index in [1.165, 1.54) is 12.1 Å². The van der Waals surface area contributed by atoms with Crippen LogP contribution in [0.15, 0.2) is 24.3 Å². The second-order valence-corrected chi connectivity index (χ2v) is 4.39. The van der Waals surface area contributed by atoms with E-state index in [0.717, 1.165) is 17.0 Å². The molecule has 2 aromatic rings. The van der Waals surface area contributed by atoms with E-state index in [4.69, 9.17) is 4.74 Å². The minimum atomic E-state index is -0.511. The van der Waals surface area contributed by atoms with E-state index < -0.39 is 6.10 Å². The maximum absolute atomic E-state index is 13.2. The number of hydrogen-bond acceptors (Lipinski definition) is 3. The summed E-state index contributed by atoms with van der Waals surface area (Å²) in [6.07, 6.45) is -0.0423. The van der Waals surface area contributed by atoms with Crippen LogP contribution in [-0.4, -0.2) is 16.7 Å². The summed E-state index contributed by atoms with van der Waals surface area (Å²) in [5.74, 6) is -0.349. The van der Waals surface area contributed by atoms with E-state index in [-0.39, 0.29) is 5.82 Å². The van der Waals surface area contributed by atoms with Gasteiger partial charge in [0.15, 0.2) is 0 Å². The molecule has 0 amide bonds. The van der Waals surface area contributed by atoms with E-state index in [0.29, 0.717) is 18.5 Å². The number of benzene rings is 1. The van der Waals surface area contributed by atoms with E-state index in [1.807, 2.05) is 13.8 Å². The normalized spacial score (nSPS) is 12.2. The number of hydrogen-bond donors (Lipinski definition) is 1. The summed E-state index contributed by atoms with van der Waals surface area (Å²) >= 11 is 0. The number of carbonyl (C=O) groups excluding carboxylic acids is 1. The van der Waals surface area contributed by atoms with Crippen LogP contribution in [-0.2, 0) is 16.0 Å². The fourth-order valence-electron chi connectivity index (χ4n) is 2.08. The third kappa shape index (κ3) is 2.99. The molecule has 5 heteroatoms. The molecule has 0 radical (unpaired) electrons. The van der Waals surface area contributed by atoms with Gasteiger partial charge in [0, 0.05) is 12.1 Å². The quantitative estimate of drug-likeness (QED) is 0.843. The number of rotatable bonds is 5. The highest BCUT2D eigenvalue weighted by Crippen LogP contribution is 2.24. The first-order valence-corrected chi connectivity index (χ1v) is 5.97. The zero-order chi connectivity index (χ0) is 13.8. The van der Waals surface area contributed by atoms with Crippen LogP contribution < -0.4 is 0 Å². The second kappa shape index (κ2) is 5.65. The number of aryl methyl sites for hydroxylation is 2. The van der Waals surface area contributed by atoms with Gasteiger partial charge >= 0.3 is 0 Å². The Balaban J connectivity index is 2.28. The number of carbonyl (C=O) groups is 1. The van der Waals surface area contributed by atoms with Crippen LogP contribution in [0.4, 0.5) is 4.39 Å². The zero-order valence-corrected chi connectivity index (χ0v) is 10.8. The molecule has 1 unspecified atom stereocenters. The van der Waals surface area contributed by atoms with Crippen LogP contribution in [0.2, 0.25) is 0 Å². The summed E-state index contributed by atoms with van der Waals surface area (Å²) < 4.78 is 18.3. The Bertz CT molecular complexity index is 561. The topological polar surface area (TPSA) is 55.0 Å². The van der Waals surface area contributed by atoms with Crippen LogP contribution in [0, 0.1) is 19.7 Å². The molecule has 0 aliphatic rings. The minimum Gasteiger partial charge on any atom is -0.459 e. The molecule has 1 heterocycles. The molecular formula is C14H15FN2O2. The first-order valence-electron chi connectivity index (χ1n) is 5.97. The van der Waals surface area contributed by atoms with E-state index in [2.05, 4.69) is 10.2 Å². The number of H-pyrrole nitrogens is 1. The van der Waals surface area contributed by atoms with Gasteiger partial charge in [-0.2, -0.15) is 5.10 Å². The van der Waals surface area contributed by atoms with E-state index >= 15 is 0 Å². The molecular weight excluding hydrogens is 247 g/mol. The summed E-state index contributed by atoms with van der Waals surface area (Å²) in [6.45, 7) is 4.17. The monoisotopic (exact) mass is 262 g/mol. The lowest BCUT2D eigenvalue weighted by atomic mass is 10.00. The number of ether oxygens (including phenoxy) is 1.